The SMILES string of the molecule is CC[C@H](C(=O)NC(C)C)N(Cc1ccc(Cl)cc1Cl)C(=O)CN(c1cccc(Cl)c1Cl)S(=O)(=O)c1ccccc1. The van der Waals surface area contributed by atoms with Gasteiger partial charge in [-0.2, -0.15) is 0 Å². The number of carbonyl (C=O) groups excluding carboxylic acids is 2. The topological polar surface area (TPSA) is 86.8 Å². The van der Waals surface area contributed by atoms with Gasteiger partial charge in [0.1, 0.15) is 12.6 Å². The van der Waals surface area contributed by atoms with E-state index in [9.17, 15) is 18.0 Å². The minimum atomic E-state index is -4.28. The zero-order valence-corrected chi connectivity index (χ0v) is 25.9. The predicted octanol–water partition coefficient (Wildman–Crippen LogP) is 6.83. The first-order valence-corrected chi connectivity index (χ1v) is 15.4. The standard InChI is InChI=1S/C28H29Cl4N3O4S/c1-4-24(28(37)33-18(2)3)34(16-19-13-14-20(29)15-23(19)31)26(36)17-35(25-12-8-11-22(30)27(25)32)40(38,39)21-9-6-5-7-10-21/h5-15,18,24H,4,16-17H2,1-3H3,(H,33,37)/t24-/m1/s1. The van der Waals surface area contributed by atoms with Crippen LogP contribution in [0.2, 0.25) is 20.1 Å². The van der Waals surface area contributed by atoms with Gasteiger partial charge in [-0.3, -0.25) is 13.9 Å². The fourth-order valence-corrected chi connectivity index (χ4v) is 6.41. The maximum absolute atomic E-state index is 14.1. The van der Waals surface area contributed by atoms with E-state index < -0.39 is 28.5 Å². The third-order valence-corrected chi connectivity index (χ3v) is 9.15. The Bertz CT molecular complexity index is 1470. The number of hydrogen-bond donors (Lipinski definition) is 1. The molecule has 1 atom stereocenters. The van der Waals surface area contributed by atoms with Crippen molar-refractivity contribution >= 4 is 73.9 Å². The number of amides is 2. The molecule has 3 aromatic rings. The number of sulfonamides is 1. The monoisotopic (exact) mass is 643 g/mol. The molecule has 0 aliphatic heterocycles. The Hall–Kier alpha value is -2.49. The lowest BCUT2D eigenvalue weighted by molar-refractivity contribution is -0.140. The number of benzene rings is 3. The predicted molar refractivity (Wildman–Crippen MR) is 162 cm³/mol. The largest absolute Gasteiger partial charge is 0.352 e. The third-order valence-electron chi connectivity index (χ3n) is 5.98. The van der Waals surface area contributed by atoms with Crippen molar-refractivity contribution in [1.29, 1.82) is 0 Å². The van der Waals surface area contributed by atoms with Crippen molar-refractivity contribution in [3.8, 4) is 0 Å². The van der Waals surface area contributed by atoms with E-state index in [0.29, 0.717) is 15.6 Å². The van der Waals surface area contributed by atoms with Crippen LogP contribution in [0.1, 0.15) is 32.8 Å². The van der Waals surface area contributed by atoms with Crippen LogP contribution in [0.3, 0.4) is 0 Å². The van der Waals surface area contributed by atoms with E-state index in [2.05, 4.69) is 5.32 Å². The van der Waals surface area contributed by atoms with Crippen LogP contribution in [0.25, 0.3) is 0 Å². The molecule has 0 saturated heterocycles. The zero-order chi connectivity index (χ0) is 29.6. The summed E-state index contributed by atoms with van der Waals surface area (Å²) in [5.74, 6) is -1.03. The molecule has 0 aliphatic rings. The molecule has 0 heterocycles. The van der Waals surface area contributed by atoms with Gasteiger partial charge in [-0.1, -0.05) is 83.7 Å². The first-order valence-electron chi connectivity index (χ1n) is 12.4. The van der Waals surface area contributed by atoms with E-state index in [1.165, 1.54) is 41.3 Å². The maximum Gasteiger partial charge on any atom is 0.264 e. The van der Waals surface area contributed by atoms with Crippen LogP contribution in [0.5, 0.6) is 0 Å². The van der Waals surface area contributed by atoms with Crippen LogP contribution in [-0.2, 0) is 26.2 Å². The van der Waals surface area contributed by atoms with E-state index in [1.54, 1.807) is 37.3 Å². The van der Waals surface area contributed by atoms with Gasteiger partial charge < -0.3 is 10.2 Å². The smallest absolute Gasteiger partial charge is 0.264 e. The second-order valence-corrected chi connectivity index (χ2v) is 12.7. The van der Waals surface area contributed by atoms with Gasteiger partial charge in [-0.25, -0.2) is 8.42 Å². The number of nitrogens with one attached hydrogen (secondary N) is 1. The number of anilines is 1. The molecule has 12 heteroatoms. The molecule has 0 aliphatic carbocycles. The highest BCUT2D eigenvalue weighted by Gasteiger charge is 2.35. The van der Waals surface area contributed by atoms with E-state index in [4.69, 9.17) is 46.4 Å². The highest BCUT2D eigenvalue weighted by molar-refractivity contribution is 7.92. The Morgan fingerprint density at radius 3 is 2.17 bits per heavy atom. The molecular weight excluding hydrogens is 616 g/mol. The summed E-state index contributed by atoms with van der Waals surface area (Å²) in [7, 11) is -4.28. The summed E-state index contributed by atoms with van der Waals surface area (Å²) >= 11 is 25.2. The molecule has 214 valence electrons. The molecule has 0 aromatic heterocycles. The van der Waals surface area contributed by atoms with Crippen molar-refractivity contribution in [3.63, 3.8) is 0 Å². The zero-order valence-electron chi connectivity index (χ0n) is 22.1. The van der Waals surface area contributed by atoms with E-state index >= 15 is 0 Å². The summed E-state index contributed by atoms with van der Waals surface area (Å²) in [6.07, 6.45) is 0.263. The van der Waals surface area contributed by atoms with Crippen LogP contribution in [0, 0.1) is 0 Å². The van der Waals surface area contributed by atoms with Crippen LogP contribution in [-0.4, -0.2) is 43.8 Å². The fraction of sp³-hybridized carbons (Fsp3) is 0.286. The normalized spacial score (nSPS) is 12.2. The molecule has 0 bridgehead atoms. The lowest BCUT2D eigenvalue weighted by Gasteiger charge is -2.34. The first-order chi connectivity index (χ1) is 18.9. The Morgan fingerprint density at radius 2 is 1.57 bits per heavy atom. The molecule has 3 aromatic carbocycles. The number of hydrogen-bond acceptors (Lipinski definition) is 4. The lowest BCUT2D eigenvalue weighted by Crippen LogP contribution is -2.53. The summed E-state index contributed by atoms with van der Waals surface area (Å²) in [5.41, 5.74) is 0.559. The number of nitrogens with zero attached hydrogens (tertiary/aromatic N) is 2. The summed E-state index contributed by atoms with van der Waals surface area (Å²) in [5, 5.41) is 3.63. The molecule has 0 radical (unpaired) electrons. The highest BCUT2D eigenvalue weighted by Crippen LogP contribution is 2.35. The molecule has 0 spiro atoms. The lowest BCUT2D eigenvalue weighted by atomic mass is 10.1. The van der Waals surface area contributed by atoms with E-state index in [0.717, 1.165) is 4.31 Å². The van der Waals surface area contributed by atoms with Crippen molar-refractivity contribution in [2.45, 2.75) is 50.7 Å². The van der Waals surface area contributed by atoms with Gasteiger partial charge in [0.05, 0.1) is 20.6 Å². The summed E-state index contributed by atoms with van der Waals surface area (Å²) in [6, 6.07) is 15.9. The van der Waals surface area contributed by atoms with Crippen LogP contribution in [0.15, 0.2) is 71.6 Å². The number of halogens is 4. The van der Waals surface area contributed by atoms with E-state index in [1.807, 2.05) is 13.8 Å². The molecule has 0 fully saturated rings. The van der Waals surface area contributed by atoms with Gasteiger partial charge in [0.2, 0.25) is 11.8 Å². The molecule has 1 N–H and O–H groups in total. The first kappa shape index (κ1) is 32.0. The second kappa shape index (κ2) is 13.9. The van der Waals surface area contributed by atoms with Crippen LogP contribution >= 0.6 is 46.4 Å². The average molecular weight is 645 g/mol. The Balaban J connectivity index is 2.12. The van der Waals surface area contributed by atoms with Gasteiger partial charge in [0.15, 0.2) is 0 Å². The average Bonchev–Trinajstić information content (AvgIpc) is 2.90. The Morgan fingerprint density at radius 1 is 0.900 bits per heavy atom. The second-order valence-electron chi connectivity index (χ2n) is 9.24. The van der Waals surface area contributed by atoms with Crippen LogP contribution in [0.4, 0.5) is 5.69 Å². The highest BCUT2D eigenvalue weighted by atomic mass is 35.5. The van der Waals surface area contributed by atoms with Gasteiger partial charge in [0, 0.05) is 22.6 Å². The van der Waals surface area contributed by atoms with Crippen molar-refractivity contribution in [3.05, 3.63) is 92.4 Å². The molecule has 0 unspecified atom stereocenters. The van der Waals surface area contributed by atoms with Gasteiger partial charge in [0.25, 0.3) is 10.0 Å². The molecule has 7 nitrogen and oxygen atoms in total. The molecule has 2 amide bonds. The summed E-state index contributed by atoms with van der Waals surface area (Å²) in [6.45, 7) is 4.65. The van der Waals surface area contributed by atoms with E-state index in [-0.39, 0.29) is 45.5 Å². The Labute approximate surface area is 255 Å². The Kier molecular flexibility index (Phi) is 11.1. The fourth-order valence-electron chi connectivity index (χ4n) is 4.05. The van der Waals surface area contributed by atoms with Crippen molar-refractivity contribution < 1.29 is 18.0 Å². The van der Waals surface area contributed by atoms with Crippen LogP contribution < -0.4 is 9.62 Å². The molecule has 40 heavy (non-hydrogen) atoms. The van der Waals surface area contributed by atoms with Crippen molar-refractivity contribution in [2.24, 2.45) is 0 Å². The minimum absolute atomic E-state index is 0.0236. The summed E-state index contributed by atoms with van der Waals surface area (Å²) < 4.78 is 28.6. The van der Waals surface area contributed by atoms with Gasteiger partial charge in [-0.05, 0) is 62.2 Å². The maximum atomic E-state index is 14.1. The summed E-state index contributed by atoms with van der Waals surface area (Å²) in [4.78, 5) is 28.5. The van der Waals surface area contributed by atoms with Crippen molar-refractivity contribution in [1.82, 2.24) is 10.2 Å². The van der Waals surface area contributed by atoms with Gasteiger partial charge in [-0.15, -0.1) is 0 Å². The molecular formula is C28H29Cl4N3O4S. The third kappa shape index (κ3) is 7.62. The quantitative estimate of drug-likeness (QED) is 0.248. The molecule has 3 rings (SSSR count). The number of rotatable bonds is 11. The number of carbonyl (C=O) groups is 2. The molecule has 0 saturated carbocycles. The van der Waals surface area contributed by atoms with Crippen molar-refractivity contribution in [2.75, 3.05) is 10.8 Å². The van der Waals surface area contributed by atoms with Gasteiger partial charge >= 0.3 is 0 Å². The minimum Gasteiger partial charge on any atom is -0.352 e.